The molecule has 0 radical (unpaired) electrons. The Morgan fingerprint density at radius 1 is 1.32 bits per heavy atom. The molecule has 104 valence electrons. The second kappa shape index (κ2) is 6.96. The fourth-order valence-electron chi connectivity index (χ4n) is 1.89. The number of nitrogens with one attached hydrogen (secondary N) is 2. The van der Waals surface area contributed by atoms with E-state index in [1.807, 2.05) is 35.3 Å². The van der Waals surface area contributed by atoms with Crippen LogP contribution < -0.4 is 15.8 Å². The number of rotatable bonds is 6. The third kappa shape index (κ3) is 4.11. The third-order valence-corrected chi connectivity index (χ3v) is 2.79. The van der Waals surface area contributed by atoms with Crippen LogP contribution in [0.5, 0.6) is 0 Å². The van der Waals surface area contributed by atoms with Gasteiger partial charge in [0, 0.05) is 7.11 Å². The normalized spacial score (nSPS) is 18.9. The van der Waals surface area contributed by atoms with Gasteiger partial charge < -0.3 is 14.8 Å². The van der Waals surface area contributed by atoms with Gasteiger partial charge in [0.2, 0.25) is 0 Å². The van der Waals surface area contributed by atoms with Crippen LogP contribution in [0.3, 0.4) is 0 Å². The lowest BCUT2D eigenvalue weighted by Gasteiger charge is -2.35. The van der Waals surface area contributed by atoms with Crippen LogP contribution in [0.2, 0.25) is 0 Å². The van der Waals surface area contributed by atoms with Gasteiger partial charge in [-0.1, -0.05) is 18.2 Å². The summed E-state index contributed by atoms with van der Waals surface area (Å²) in [5.41, 5.74) is 3.72. The third-order valence-electron chi connectivity index (χ3n) is 2.79. The zero-order valence-electron chi connectivity index (χ0n) is 11.0. The predicted octanol–water partition coefficient (Wildman–Crippen LogP) is 0.752. The molecule has 1 aliphatic rings. The minimum atomic E-state index is -0.213. The SMILES string of the molecule is COCCOC[C@@H]1CN(c2ccccc2)NC(=O)N1. The molecule has 0 aliphatic carbocycles. The van der Waals surface area contributed by atoms with Crippen LogP contribution in [-0.2, 0) is 9.47 Å². The van der Waals surface area contributed by atoms with Crippen LogP contribution >= 0.6 is 0 Å². The van der Waals surface area contributed by atoms with Crippen LogP contribution in [0.1, 0.15) is 0 Å². The van der Waals surface area contributed by atoms with Gasteiger partial charge in [-0.2, -0.15) is 0 Å². The maximum Gasteiger partial charge on any atom is 0.333 e. The van der Waals surface area contributed by atoms with E-state index in [2.05, 4.69) is 10.7 Å². The van der Waals surface area contributed by atoms with E-state index in [0.29, 0.717) is 26.4 Å². The van der Waals surface area contributed by atoms with E-state index in [1.54, 1.807) is 7.11 Å². The molecule has 2 N–H and O–H groups in total. The summed E-state index contributed by atoms with van der Waals surface area (Å²) in [5, 5.41) is 4.66. The molecule has 6 heteroatoms. The van der Waals surface area contributed by atoms with Crippen molar-refractivity contribution in [1.29, 1.82) is 0 Å². The van der Waals surface area contributed by atoms with Crippen molar-refractivity contribution >= 4 is 11.7 Å². The van der Waals surface area contributed by atoms with Crippen LogP contribution in [-0.4, -0.2) is 45.5 Å². The molecule has 1 fully saturated rings. The van der Waals surface area contributed by atoms with E-state index in [-0.39, 0.29) is 12.1 Å². The number of carbonyl (C=O) groups is 1. The molecule has 2 amide bonds. The Morgan fingerprint density at radius 3 is 2.84 bits per heavy atom. The Hall–Kier alpha value is -1.79. The van der Waals surface area contributed by atoms with Crippen molar-refractivity contribution in [3.8, 4) is 0 Å². The first-order chi connectivity index (χ1) is 9.29. The average Bonchev–Trinajstić information content (AvgIpc) is 2.44. The lowest BCUT2D eigenvalue weighted by atomic mass is 10.2. The summed E-state index contributed by atoms with van der Waals surface area (Å²) >= 11 is 0. The van der Waals surface area contributed by atoms with Crippen molar-refractivity contribution in [1.82, 2.24) is 10.7 Å². The maximum absolute atomic E-state index is 11.6. The Morgan fingerprint density at radius 2 is 2.11 bits per heavy atom. The lowest BCUT2D eigenvalue weighted by molar-refractivity contribution is 0.0590. The minimum Gasteiger partial charge on any atom is -0.382 e. The number of hydrogen-bond donors (Lipinski definition) is 2. The summed E-state index contributed by atoms with van der Waals surface area (Å²) in [4.78, 5) is 11.6. The summed E-state index contributed by atoms with van der Waals surface area (Å²) in [7, 11) is 1.63. The number of para-hydroxylation sites is 1. The Bertz CT molecular complexity index is 399. The topological polar surface area (TPSA) is 62.8 Å². The number of hydrogen-bond acceptors (Lipinski definition) is 4. The number of ether oxygens (including phenoxy) is 2. The number of urea groups is 1. The monoisotopic (exact) mass is 265 g/mol. The molecular weight excluding hydrogens is 246 g/mol. The summed E-state index contributed by atoms with van der Waals surface area (Å²) < 4.78 is 10.4. The molecule has 19 heavy (non-hydrogen) atoms. The highest BCUT2D eigenvalue weighted by molar-refractivity contribution is 5.77. The zero-order valence-corrected chi connectivity index (χ0v) is 11.0. The molecule has 1 aromatic carbocycles. The number of hydrazine groups is 1. The van der Waals surface area contributed by atoms with Crippen molar-refractivity contribution in [3.63, 3.8) is 0 Å². The van der Waals surface area contributed by atoms with Gasteiger partial charge in [0.05, 0.1) is 38.1 Å². The van der Waals surface area contributed by atoms with Crippen molar-refractivity contribution in [3.05, 3.63) is 30.3 Å². The van der Waals surface area contributed by atoms with Gasteiger partial charge in [-0.05, 0) is 12.1 Å². The molecule has 6 nitrogen and oxygen atoms in total. The summed E-state index contributed by atoms with van der Waals surface area (Å²) in [6.07, 6.45) is 0. The standard InChI is InChI=1S/C13H19N3O3/c1-18-7-8-19-10-11-9-16(15-13(17)14-11)12-5-3-2-4-6-12/h2-6,11H,7-10H2,1H3,(H2,14,15,17)/t11-/m0/s1. The van der Waals surface area contributed by atoms with Crippen LogP contribution in [0.25, 0.3) is 0 Å². The minimum absolute atomic E-state index is 0.0363. The van der Waals surface area contributed by atoms with Gasteiger partial charge in [-0.25, -0.2) is 10.2 Å². The van der Waals surface area contributed by atoms with Crippen molar-refractivity contribution < 1.29 is 14.3 Å². The highest BCUT2D eigenvalue weighted by Gasteiger charge is 2.24. The van der Waals surface area contributed by atoms with E-state index in [1.165, 1.54) is 0 Å². The highest BCUT2D eigenvalue weighted by atomic mass is 16.5. The van der Waals surface area contributed by atoms with Crippen molar-refractivity contribution in [2.75, 3.05) is 38.5 Å². The predicted molar refractivity (Wildman–Crippen MR) is 71.9 cm³/mol. The van der Waals surface area contributed by atoms with Gasteiger partial charge in [0.15, 0.2) is 0 Å². The molecule has 0 spiro atoms. The van der Waals surface area contributed by atoms with Gasteiger partial charge in [-0.3, -0.25) is 5.01 Å². The van der Waals surface area contributed by atoms with Crippen LogP contribution in [0.4, 0.5) is 10.5 Å². The molecule has 0 aromatic heterocycles. The number of benzene rings is 1. The van der Waals surface area contributed by atoms with E-state index in [9.17, 15) is 4.79 Å². The van der Waals surface area contributed by atoms with Gasteiger partial charge in [-0.15, -0.1) is 0 Å². The van der Waals surface area contributed by atoms with Crippen molar-refractivity contribution in [2.45, 2.75) is 6.04 Å². The van der Waals surface area contributed by atoms with Crippen LogP contribution in [0, 0.1) is 0 Å². The summed E-state index contributed by atoms with van der Waals surface area (Å²) in [6, 6.07) is 9.48. The second-order valence-electron chi connectivity index (χ2n) is 4.30. The molecule has 1 atom stereocenters. The van der Waals surface area contributed by atoms with E-state index in [4.69, 9.17) is 9.47 Å². The molecule has 1 heterocycles. The van der Waals surface area contributed by atoms with Gasteiger partial charge in [0.1, 0.15) is 0 Å². The second-order valence-corrected chi connectivity index (χ2v) is 4.30. The molecule has 1 saturated heterocycles. The van der Waals surface area contributed by atoms with Crippen molar-refractivity contribution in [2.24, 2.45) is 0 Å². The van der Waals surface area contributed by atoms with E-state index in [0.717, 1.165) is 5.69 Å². The number of nitrogens with zero attached hydrogens (tertiary/aromatic N) is 1. The Labute approximate surface area is 112 Å². The molecular formula is C13H19N3O3. The number of anilines is 1. The molecule has 2 rings (SSSR count). The molecule has 1 aliphatic heterocycles. The van der Waals surface area contributed by atoms with Gasteiger partial charge in [0.25, 0.3) is 0 Å². The quantitative estimate of drug-likeness (QED) is 0.745. The molecule has 1 aromatic rings. The zero-order chi connectivity index (χ0) is 13.5. The average molecular weight is 265 g/mol. The van der Waals surface area contributed by atoms with E-state index < -0.39 is 0 Å². The molecule has 0 saturated carbocycles. The number of methoxy groups -OCH3 is 1. The summed E-state index contributed by atoms with van der Waals surface area (Å²) in [5.74, 6) is 0. The fourth-order valence-corrected chi connectivity index (χ4v) is 1.89. The molecule has 0 bridgehead atoms. The smallest absolute Gasteiger partial charge is 0.333 e. The maximum atomic E-state index is 11.6. The van der Waals surface area contributed by atoms with E-state index >= 15 is 0 Å². The first-order valence-corrected chi connectivity index (χ1v) is 6.26. The first kappa shape index (κ1) is 13.6. The number of carbonyl (C=O) groups excluding carboxylic acids is 1. The largest absolute Gasteiger partial charge is 0.382 e. The Kier molecular flexibility index (Phi) is 5.00. The lowest BCUT2D eigenvalue weighted by Crippen LogP contribution is -2.62. The fraction of sp³-hybridized carbons (Fsp3) is 0.462. The summed E-state index contributed by atoms with van der Waals surface area (Å²) in [6.45, 7) is 2.21. The highest BCUT2D eigenvalue weighted by Crippen LogP contribution is 2.13. The molecule has 0 unspecified atom stereocenters. The van der Waals surface area contributed by atoms with Crippen LogP contribution in [0.15, 0.2) is 30.3 Å². The van der Waals surface area contributed by atoms with Gasteiger partial charge >= 0.3 is 6.03 Å². The number of amides is 2. The first-order valence-electron chi connectivity index (χ1n) is 6.26. The Balaban J connectivity index is 1.87.